The van der Waals surface area contributed by atoms with Crippen molar-refractivity contribution in [3.05, 3.63) is 0 Å². The molecule has 5 heteroatoms. The number of rotatable bonds is 5. The van der Waals surface area contributed by atoms with Crippen LogP contribution in [0.25, 0.3) is 0 Å². The first kappa shape index (κ1) is 12.0. The molecule has 0 aromatic carbocycles. The number of hydrogen-bond donors (Lipinski definition) is 1. The molecule has 1 fully saturated rings. The van der Waals surface area contributed by atoms with E-state index >= 15 is 0 Å². The summed E-state index contributed by atoms with van der Waals surface area (Å²) in [5.74, 6) is -1.46. The molecule has 0 aromatic heterocycles. The molecule has 0 unspecified atom stereocenters. The lowest BCUT2D eigenvalue weighted by Gasteiger charge is -2.11. The van der Waals surface area contributed by atoms with Gasteiger partial charge in [0.15, 0.2) is 0 Å². The average Bonchev–Trinajstić information content (AvgIpc) is 2.58. The Balaban J connectivity index is 2.09. The van der Waals surface area contributed by atoms with Crippen LogP contribution < -0.4 is 0 Å². The fourth-order valence-electron chi connectivity index (χ4n) is 1.47. The number of carboxylic acids is 1. The Morgan fingerprint density at radius 2 is 2.13 bits per heavy atom. The smallest absolute Gasteiger partial charge is 0.306 e. The molecule has 2 atom stereocenters. The highest BCUT2D eigenvalue weighted by molar-refractivity contribution is 5.76. The Morgan fingerprint density at radius 3 is 2.67 bits per heavy atom. The Labute approximate surface area is 88.4 Å². The first-order valence-electron chi connectivity index (χ1n) is 5.11. The molecule has 0 saturated carbocycles. The van der Waals surface area contributed by atoms with E-state index in [1.165, 1.54) is 0 Å². The zero-order chi connectivity index (χ0) is 11.3. The lowest BCUT2D eigenvalue weighted by Crippen LogP contribution is -2.19. The average molecular weight is 216 g/mol. The molecule has 0 radical (unpaired) electrons. The molecule has 0 amide bonds. The normalized spacial score (nSPS) is 25.1. The molecular weight excluding hydrogens is 200 g/mol. The standard InChI is InChI=1S/C10H16O5/c1-7-2-3-8(15-7)6-14-10(13)5-4-9(11)12/h7-8H,2-6H2,1H3,(H,11,12)/t7-,8-/m0/s1. The molecule has 1 heterocycles. The van der Waals surface area contributed by atoms with Crippen LogP contribution in [0.2, 0.25) is 0 Å². The van der Waals surface area contributed by atoms with Gasteiger partial charge in [0.1, 0.15) is 6.61 Å². The second kappa shape index (κ2) is 5.70. The summed E-state index contributed by atoms with van der Waals surface area (Å²) in [5.41, 5.74) is 0. The van der Waals surface area contributed by atoms with E-state index in [1.807, 2.05) is 6.92 Å². The minimum absolute atomic E-state index is 0.0196. The summed E-state index contributed by atoms with van der Waals surface area (Å²) in [6, 6.07) is 0. The molecule has 86 valence electrons. The molecule has 5 nitrogen and oxygen atoms in total. The van der Waals surface area contributed by atoms with Crippen molar-refractivity contribution in [2.45, 2.75) is 44.8 Å². The summed E-state index contributed by atoms with van der Waals surface area (Å²) in [5, 5.41) is 8.34. The van der Waals surface area contributed by atoms with E-state index in [4.69, 9.17) is 14.6 Å². The van der Waals surface area contributed by atoms with E-state index in [0.717, 1.165) is 12.8 Å². The van der Waals surface area contributed by atoms with Crippen molar-refractivity contribution >= 4 is 11.9 Å². The number of aliphatic carboxylic acids is 1. The van der Waals surface area contributed by atoms with Gasteiger partial charge in [0.05, 0.1) is 25.0 Å². The molecule has 0 aliphatic carbocycles. The minimum Gasteiger partial charge on any atom is -0.481 e. The summed E-state index contributed by atoms with van der Waals surface area (Å²) in [6.45, 7) is 2.22. The van der Waals surface area contributed by atoms with Gasteiger partial charge >= 0.3 is 11.9 Å². The van der Waals surface area contributed by atoms with E-state index in [9.17, 15) is 9.59 Å². The number of ether oxygens (including phenoxy) is 2. The van der Waals surface area contributed by atoms with Gasteiger partial charge in [-0.3, -0.25) is 9.59 Å². The molecular formula is C10H16O5. The predicted octanol–water partition coefficient (Wildman–Crippen LogP) is 0.962. The third kappa shape index (κ3) is 4.78. The van der Waals surface area contributed by atoms with Crippen LogP contribution >= 0.6 is 0 Å². The third-order valence-electron chi connectivity index (χ3n) is 2.29. The minimum atomic E-state index is -0.988. The number of carboxylic acid groups (broad SMARTS) is 1. The van der Waals surface area contributed by atoms with Gasteiger partial charge in [0, 0.05) is 0 Å². The molecule has 0 spiro atoms. The molecule has 1 aliphatic rings. The van der Waals surface area contributed by atoms with Crippen molar-refractivity contribution < 1.29 is 24.2 Å². The SMILES string of the molecule is C[C@H]1CC[C@@H](COC(=O)CCC(=O)O)O1. The summed E-state index contributed by atoms with van der Waals surface area (Å²) >= 11 is 0. The van der Waals surface area contributed by atoms with E-state index in [0.29, 0.717) is 0 Å². The van der Waals surface area contributed by atoms with Gasteiger partial charge in [-0.05, 0) is 19.8 Å². The number of carbonyl (C=O) groups is 2. The van der Waals surface area contributed by atoms with Gasteiger partial charge in [-0.25, -0.2) is 0 Å². The van der Waals surface area contributed by atoms with Gasteiger partial charge < -0.3 is 14.6 Å². The molecule has 1 saturated heterocycles. The van der Waals surface area contributed by atoms with Crippen molar-refractivity contribution in [2.75, 3.05) is 6.61 Å². The highest BCUT2D eigenvalue weighted by Crippen LogP contribution is 2.19. The Bertz CT molecular complexity index is 238. The van der Waals surface area contributed by atoms with Crippen LogP contribution in [0.4, 0.5) is 0 Å². The van der Waals surface area contributed by atoms with Crippen molar-refractivity contribution in [1.29, 1.82) is 0 Å². The quantitative estimate of drug-likeness (QED) is 0.693. The van der Waals surface area contributed by atoms with Gasteiger partial charge in [0.2, 0.25) is 0 Å². The van der Waals surface area contributed by atoms with Gasteiger partial charge in [-0.15, -0.1) is 0 Å². The summed E-state index contributed by atoms with van der Waals surface area (Å²) in [7, 11) is 0. The molecule has 0 bridgehead atoms. The Kier molecular flexibility index (Phi) is 4.55. The van der Waals surface area contributed by atoms with Crippen molar-refractivity contribution in [1.82, 2.24) is 0 Å². The highest BCUT2D eigenvalue weighted by atomic mass is 16.6. The summed E-state index contributed by atoms with van der Waals surface area (Å²) < 4.78 is 10.3. The van der Waals surface area contributed by atoms with Gasteiger partial charge in [-0.2, -0.15) is 0 Å². The lowest BCUT2D eigenvalue weighted by atomic mass is 10.2. The lowest BCUT2D eigenvalue weighted by molar-refractivity contribution is -0.150. The van der Waals surface area contributed by atoms with E-state index in [2.05, 4.69) is 0 Å². The summed E-state index contributed by atoms with van der Waals surface area (Å²) in [4.78, 5) is 21.2. The van der Waals surface area contributed by atoms with E-state index in [1.54, 1.807) is 0 Å². The van der Waals surface area contributed by atoms with Crippen LogP contribution in [0.15, 0.2) is 0 Å². The monoisotopic (exact) mass is 216 g/mol. The second-order valence-electron chi connectivity index (χ2n) is 3.72. The molecule has 1 N–H and O–H groups in total. The van der Waals surface area contributed by atoms with E-state index in [-0.39, 0.29) is 31.7 Å². The van der Waals surface area contributed by atoms with Crippen LogP contribution in [0.5, 0.6) is 0 Å². The fourth-order valence-corrected chi connectivity index (χ4v) is 1.47. The number of hydrogen-bond acceptors (Lipinski definition) is 4. The maximum atomic E-state index is 11.0. The number of carbonyl (C=O) groups excluding carboxylic acids is 1. The van der Waals surface area contributed by atoms with Gasteiger partial charge in [0.25, 0.3) is 0 Å². The van der Waals surface area contributed by atoms with Crippen molar-refractivity contribution in [2.24, 2.45) is 0 Å². The van der Waals surface area contributed by atoms with E-state index < -0.39 is 11.9 Å². The fraction of sp³-hybridized carbons (Fsp3) is 0.800. The topological polar surface area (TPSA) is 72.8 Å². The van der Waals surface area contributed by atoms with Crippen molar-refractivity contribution in [3.63, 3.8) is 0 Å². The molecule has 1 aliphatic heterocycles. The van der Waals surface area contributed by atoms with Crippen LogP contribution in [0, 0.1) is 0 Å². The van der Waals surface area contributed by atoms with Crippen LogP contribution in [-0.4, -0.2) is 35.9 Å². The maximum Gasteiger partial charge on any atom is 0.306 e. The third-order valence-corrected chi connectivity index (χ3v) is 2.29. The zero-order valence-electron chi connectivity index (χ0n) is 8.77. The Morgan fingerprint density at radius 1 is 1.40 bits per heavy atom. The van der Waals surface area contributed by atoms with Gasteiger partial charge in [-0.1, -0.05) is 0 Å². The largest absolute Gasteiger partial charge is 0.481 e. The Hall–Kier alpha value is -1.10. The first-order valence-corrected chi connectivity index (χ1v) is 5.11. The highest BCUT2D eigenvalue weighted by Gasteiger charge is 2.22. The van der Waals surface area contributed by atoms with Crippen molar-refractivity contribution in [3.8, 4) is 0 Å². The van der Waals surface area contributed by atoms with Crippen LogP contribution in [0.3, 0.4) is 0 Å². The summed E-state index contributed by atoms with van der Waals surface area (Å²) in [6.07, 6.45) is 1.84. The zero-order valence-corrected chi connectivity index (χ0v) is 8.77. The molecule has 0 aromatic rings. The first-order chi connectivity index (χ1) is 7.08. The molecule has 15 heavy (non-hydrogen) atoms. The number of esters is 1. The van der Waals surface area contributed by atoms with Crippen LogP contribution in [-0.2, 0) is 19.1 Å². The second-order valence-corrected chi connectivity index (χ2v) is 3.72. The molecule has 1 rings (SSSR count). The predicted molar refractivity (Wildman–Crippen MR) is 51.4 cm³/mol. The maximum absolute atomic E-state index is 11.0. The van der Waals surface area contributed by atoms with Crippen LogP contribution in [0.1, 0.15) is 32.6 Å².